The summed E-state index contributed by atoms with van der Waals surface area (Å²) in [6, 6.07) is 0. The molecule has 1 N–H and O–H groups in total. The molecule has 1 saturated heterocycles. The molecule has 2 heterocycles. The molecule has 3 unspecified atom stereocenters. The van der Waals surface area contributed by atoms with E-state index in [1.807, 2.05) is 13.8 Å². The highest BCUT2D eigenvalue weighted by Crippen LogP contribution is 2.38. The highest BCUT2D eigenvalue weighted by Gasteiger charge is 2.42. The Morgan fingerprint density at radius 1 is 1.12 bits per heavy atom. The maximum atomic E-state index is 9.88. The van der Waals surface area contributed by atoms with Gasteiger partial charge in [0.15, 0.2) is 0 Å². The van der Waals surface area contributed by atoms with Crippen LogP contribution >= 0.6 is 0 Å². The Morgan fingerprint density at radius 3 is 2.65 bits per heavy atom. The minimum absolute atomic E-state index is 0.135. The van der Waals surface area contributed by atoms with Crippen LogP contribution in [0.4, 0.5) is 5.95 Å². The van der Waals surface area contributed by atoms with E-state index in [0.717, 1.165) is 43.3 Å². The number of aromatic nitrogens is 3. The zero-order valence-corrected chi connectivity index (χ0v) is 10.3. The van der Waals surface area contributed by atoms with Gasteiger partial charge in [-0.1, -0.05) is 0 Å². The summed E-state index contributed by atoms with van der Waals surface area (Å²) in [5, 5.41) is 18.2. The van der Waals surface area contributed by atoms with Gasteiger partial charge in [0.2, 0.25) is 5.95 Å². The molecule has 1 aliphatic carbocycles. The van der Waals surface area contributed by atoms with Crippen molar-refractivity contribution in [3.63, 3.8) is 0 Å². The minimum Gasteiger partial charge on any atom is -0.393 e. The Kier molecular flexibility index (Phi) is 2.50. The molecular weight excluding hydrogens is 216 g/mol. The van der Waals surface area contributed by atoms with Gasteiger partial charge in [-0.25, -0.2) is 4.98 Å². The third-order valence-electron chi connectivity index (χ3n) is 4.18. The van der Waals surface area contributed by atoms with E-state index in [1.54, 1.807) is 0 Å². The number of nitrogens with zero attached hydrogens (tertiary/aromatic N) is 4. The van der Waals surface area contributed by atoms with Crippen LogP contribution in [-0.4, -0.2) is 39.5 Å². The van der Waals surface area contributed by atoms with Crippen molar-refractivity contribution in [2.45, 2.75) is 32.8 Å². The van der Waals surface area contributed by atoms with Crippen molar-refractivity contribution >= 4 is 5.95 Å². The molecule has 1 saturated carbocycles. The predicted octanol–water partition coefficient (Wildman–Crippen LogP) is 0.696. The topological polar surface area (TPSA) is 62.1 Å². The molecule has 0 aromatic carbocycles. The number of aliphatic hydroxyl groups excluding tert-OH is 1. The van der Waals surface area contributed by atoms with Crippen LogP contribution in [0.1, 0.15) is 24.2 Å². The van der Waals surface area contributed by atoms with Crippen LogP contribution in [0.3, 0.4) is 0 Å². The van der Waals surface area contributed by atoms with Gasteiger partial charge in [-0.05, 0) is 32.6 Å². The zero-order valence-electron chi connectivity index (χ0n) is 10.3. The highest BCUT2D eigenvalue weighted by molar-refractivity contribution is 5.33. The van der Waals surface area contributed by atoms with Crippen molar-refractivity contribution < 1.29 is 5.11 Å². The number of fused-ring (bicyclic) bond motifs is 1. The van der Waals surface area contributed by atoms with Crippen LogP contribution in [0.5, 0.6) is 0 Å². The standard InChI is InChI=1S/C12H18N4O/c1-7-8(2)14-15-12(13-7)16-5-9-3-4-11(17)10(9)6-16/h9-11,17H,3-6H2,1-2H3. The van der Waals surface area contributed by atoms with Gasteiger partial charge in [-0.3, -0.25) is 0 Å². The van der Waals surface area contributed by atoms with Crippen LogP contribution in [0, 0.1) is 25.7 Å². The van der Waals surface area contributed by atoms with E-state index in [1.165, 1.54) is 0 Å². The molecule has 92 valence electrons. The van der Waals surface area contributed by atoms with E-state index in [2.05, 4.69) is 20.1 Å². The van der Waals surface area contributed by atoms with Gasteiger partial charge < -0.3 is 10.0 Å². The molecule has 1 aromatic heterocycles. The van der Waals surface area contributed by atoms with Gasteiger partial charge in [0.25, 0.3) is 0 Å². The molecule has 17 heavy (non-hydrogen) atoms. The van der Waals surface area contributed by atoms with Crippen molar-refractivity contribution in [1.82, 2.24) is 15.2 Å². The van der Waals surface area contributed by atoms with Gasteiger partial charge in [-0.2, -0.15) is 5.10 Å². The number of aryl methyl sites for hydroxylation is 2. The minimum atomic E-state index is -0.135. The first-order valence-corrected chi connectivity index (χ1v) is 6.26. The average Bonchev–Trinajstić information content (AvgIpc) is 2.86. The van der Waals surface area contributed by atoms with E-state index in [9.17, 15) is 5.11 Å². The highest BCUT2D eigenvalue weighted by atomic mass is 16.3. The predicted molar refractivity (Wildman–Crippen MR) is 63.7 cm³/mol. The van der Waals surface area contributed by atoms with Crippen LogP contribution in [0.2, 0.25) is 0 Å². The molecule has 2 fully saturated rings. The van der Waals surface area contributed by atoms with Gasteiger partial charge in [0, 0.05) is 19.0 Å². The number of hydrogen-bond donors (Lipinski definition) is 1. The Labute approximate surface area is 101 Å². The zero-order chi connectivity index (χ0) is 12.0. The van der Waals surface area contributed by atoms with Crippen molar-refractivity contribution in [2.24, 2.45) is 11.8 Å². The lowest BCUT2D eigenvalue weighted by Crippen LogP contribution is -2.26. The van der Waals surface area contributed by atoms with Crippen LogP contribution in [-0.2, 0) is 0 Å². The fourth-order valence-electron chi connectivity index (χ4n) is 2.98. The third kappa shape index (κ3) is 1.78. The van der Waals surface area contributed by atoms with E-state index in [4.69, 9.17) is 0 Å². The molecule has 5 nitrogen and oxygen atoms in total. The molecular formula is C12H18N4O. The van der Waals surface area contributed by atoms with E-state index < -0.39 is 0 Å². The summed E-state index contributed by atoms with van der Waals surface area (Å²) in [7, 11) is 0. The van der Waals surface area contributed by atoms with Crippen LogP contribution in [0.25, 0.3) is 0 Å². The summed E-state index contributed by atoms with van der Waals surface area (Å²) in [6.07, 6.45) is 1.94. The second kappa shape index (κ2) is 3.91. The molecule has 0 amide bonds. The molecule has 2 aliphatic rings. The monoisotopic (exact) mass is 234 g/mol. The summed E-state index contributed by atoms with van der Waals surface area (Å²) in [5.41, 5.74) is 1.82. The molecule has 0 radical (unpaired) electrons. The van der Waals surface area contributed by atoms with E-state index >= 15 is 0 Å². The lowest BCUT2D eigenvalue weighted by molar-refractivity contribution is 0.133. The first-order chi connectivity index (χ1) is 8.15. The lowest BCUT2D eigenvalue weighted by Gasteiger charge is -2.18. The van der Waals surface area contributed by atoms with Crippen molar-refractivity contribution in [2.75, 3.05) is 18.0 Å². The first kappa shape index (κ1) is 10.9. The van der Waals surface area contributed by atoms with Gasteiger partial charge in [0.05, 0.1) is 17.5 Å². The fourth-order valence-corrected chi connectivity index (χ4v) is 2.98. The first-order valence-electron chi connectivity index (χ1n) is 6.26. The Hall–Kier alpha value is -1.23. The van der Waals surface area contributed by atoms with Crippen LogP contribution in [0.15, 0.2) is 0 Å². The number of rotatable bonds is 1. The Balaban J connectivity index is 1.80. The van der Waals surface area contributed by atoms with E-state index in [-0.39, 0.29) is 6.10 Å². The second-order valence-electron chi connectivity index (χ2n) is 5.26. The quantitative estimate of drug-likeness (QED) is 0.775. The summed E-state index contributed by atoms with van der Waals surface area (Å²) in [5.74, 6) is 1.73. The maximum absolute atomic E-state index is 9.88. The average molecular weight is 234 g/mol. The molecule has 5 heteroatoms. The number of aliphatic hydroxyl groups is 1. The largest absolute Gasteiger partial charge is 0.393 e. The van der Waals surface area contributed by atoms with Crippen LogP contribution < -0.4 is 4.90 Å². The van der Waals surface area contributed by atoms with E-state index in [0.29, 0.717) is 11.8 Å². The summed E-state index contributed by atoms with van der Waals surface area (Å²) >= 11 is 0. The third-order valence-corrected chi connectivity index (χ3v) is 4.18. The lowest BCUT2D eigenvalue weighted by atomic mass is 10.00. The van der Waals surface area contributed by atoms with Crippen molar-refractivity contribution in [1.29, 1.82) is 0 Å². The smallest absolute Gasteiger partial charge is 0.245 e. The SMILES string of the molecule is Cc1nnc(N2CC3CCC(O)C3C2)nc1C. The number of hydrogen-bond acceptors (Lipinski definition) is 5. The Bertz CT molecular complexity index is 437. The summed E-state index contributed by atoms with van der Waals surface area (Å²) in [4.78, 5) is 6.64. The molecule has 1 aromatic rings. The van der Waals surface area contributed by atoms with Gasteiger partial charge >= 0.3 is 0 Å². The molecule has 3 atom stereocenters. The summed E-state index contributed by atoms with van der Waals surface area (Å²) in [6.45, 7) is 5.71. The molecule has 0 bridgehead atoms. The van der Waals surface area contributed by atoms with Gasteiger partial charge in [0.1, 0.15) is 0 Å². The maximum Gasteiger partial charge on any atom is 0.245 e. The second-order valence-corrected chi connectivity index (χ2v) is 5.26. The molecule has 0 spiro atoms. The fraction of sp³-hybridized carbons (Fsp3) is 0.750. The summed E-state index contributed by atoms with van der Waals surface area (Å²) < 4.78 is 0. The van der Waals surface area contributed by atoms with Crippen molar-refractivity contribution in [3.05, 3.63) is 11.4 Å². The molecule has 1 aliphatic heterocycles. The van der Waals surface area contributed by atoms with Crippen molar-refractivity contribution in [3.8, 4) is 0 Å². The number of anilines is 1. The normalized spacial score (nSPS) is 31.9. The molecule has 3 rings (SSSR count). The Morgan fingerprint density at radius 2 is 1.94 bits per heavy atom. The van der Waals surface area contributed by atoms with Gasteiger partial charge in [-0.15, -0.1) is 5.10 Å².